The van der Waals surface area contributed by atoms with Crippen LogP contribution in [0.1, 0.15) is 5.56 Å². The SMILES string of the molecule is C=CCc1c(O)cccc1OC. The van der Waals surface area contributed by atoms with Crippen molar-refractivity contribution in [2.45, 2.75) is 6.42 Å². The first kappa shape index (κ1) is 8.65. The lowest BCUT2D eigenvalue weighted by Crippen LogP contribution is -1.90. The fraction of sp³-hybridized carbons (Fsp3) is 0.200. The van der Waals surface area contributed by atoms with Gasteiger partial charge in [-0.3, -0.25) is 0 Å². The third-order valence-electron chi connectivity index (χ3n) is 1.68. The second kappa shape index (κ2) is 3.81. The Morgan fingerprint density at radius 1 is 1.58 bits per heavy atom. The highest BCUT2D eigenvalue weighted by molar-refractivity contribution is 5.44. The molecule has 1 N–H and O–H groups in total. The van der Waals surface area contributed by atoms with Crippen molar-refractivity contribution in [3.05, 3.63) is 36.4 Å². The molecule has 0 saturated heterocycles. The number of aromatic hydroxyl groups is 1. The predicted octanol–water partition coefficient (Wildman–Crippen LogP) is 2.13. The molecule has 2 heteroatoms. The van der Waals surface area contributed by atoms with Crippen LogP contribution < -0.4 is 4.74 Å². The molecule has 0 bridgehead atoms. The van der Waals surface area contributed by atoms with E-state index in [9.17, 15) is 5.11 Å². The summed E-state index contributed by atoms with van der Waals surface area (Å²) in [5.41, 5.74) is 0.787. The summed E-state index contributed by atoms with van der Waals surface area (Å²) in [4.78, 5) is 0. The van der Waals surface area contributed by atoms with E-state index in [1.165, 1.54) is 0 Å². The summed E-state index contributed by atoms with van der Waals surface area (Å²) in [5, 5.41) is 9.43. The molecule has 0 radical (unpaired) electrons. The maximum atomic E-state index is 9.43. The van der Waals surface area contributed by atoms with Gasteiger partial charge in [-0.05, 0) is 18.6 Å². The molecule has 12 heavy (non-hydrogen) atoms. The van der Waals surface area contributed by atoms with Crippen LogP contribution >= 0.6 is 0 Å². The Kier molecular flexibility index (Phi) is 2.75. The smallest absolute Gasteiger partial charge is 0.126 e. The van der Waals surface area contributed by atoms with Gasteiger partial charge in [0.15, 0.2) is 0 Å². The van der Waals surface area contributed by atoms with Gasteiger partial charge < -0.3 is 9.84 Å². The molecule has 0 amide bonds. The highest BCUT2D eigenvalue weighted by Gasteiger charge is 2.04. The van der Waals surface area contributed by atoms with Crippen LogP contribution in [0.2, 0.25) is 0 Å². The lowest BCUT2D eigenvalue weighted by atomic mass is 10.1. The number of phenolic OH excluding ortho intramolecular Hbond substituents is 1. The predicted molar refractivity (Wildman–Crippen MR) is 48.6 cm³/mol. The molecule has 64 valence electrons. The van der Waals surface area contributed by atoms with Gasteiger partial charge in [-0.25, -0.2) is 0 Å². The van der Waals surface area contributed by atoms with Crippen LogP contribution in [0.5, 0.6) is 11.5 Å². The van der Waals surface area contributed by atoms with Crippen molar-refractivity contribution in [3.63, 3.8) is 0 Å². The van der Waals surface area contributed by atoms with E-state index in [-0.39, 0.29) is 5.75 Å². The minimum Gasteiger partial charge on any atom is -0.508 e. The van der Waals surface area contributed by atoms with Gasteiger partial charge in [0.25, 0.3) is 0 Å². The van der Waals surface area contributed by atoms with E-state index in [0.717, 1.165) is 5.56 Å². The van der Waals surface area contributed by atoms with Gasteiger partial charge in [0.05, 0.1) is 7.11 Å². The number of hydrogen-bond acceptors (Lipinski definition) is 2. The molecule has 0 aliphatic heterocycles. The summed E-state index contributed by atoms with van der Waals surface area (Å²) in [7, 11) is 1.58. The molecule has 0 unspecified atom stereocenters. The van der Waals surface area contributed by atoms with Gasteiger partial charge >= 0.3 is 0 Å². The number of allylic oxidation sites excluding steroid dienone is 1. The molecule has 0 spiro atoms. The average Bonchev–Trinajstić information content (AvgIpc) is 2.09. The van der Waals surface area contributed by atoms with E-state index in [4.69, 9.17) is 4.74 Å². The normalized spacial score (nSPS) is 9.42. The molecular weight excluding hydrogens is 152 g/mol. The number of phenols is 1. The number of benzene rings is 1. The second-order valence-corrected chi connectivity index (χ2v) is 2.45. The zero-order valence-corrected chi connectivity index (χ0v) is 7.08. The van der Waals surface area contributed by atoms with Crippen LogP contribution in [0, 0.1) is 0 Å². The Bertz CT molecular complexity index is 279. The highest BCUT2D eigenvalue weighted by atomic mass is 16.5. The summed E-state index contributed by atoms with van der Waals surface area (Å²) >= 11 is 0. The zero-order valence-electron chi connectivity index (χ0n) is 7.08. The van der Waals surface area contributed by atoms with Crippen LogP contribution in [0.4, 0.5) is 0 Å². The largest absolute Gasteiger partial charge is 0.508 e. The second-order valence-electron chi connectivity index (χ2n) is 2.45. The van der Waals surface area contributed by atoms with E-state index in [0.29, 0.717) is 12.2 Å². The lowest BCUT2D eigenvalue weighted by Gasteiger charge is -2.07. The highest BCUT2D eigenvalue weighted by Crippen LogP contribution is 2.27. The van der Waals surface area contributed by atoms with Gasteiger partial charge in [0.2, 0.25) is 0 Å². The van der Waals surface area contributed by atoms with Crippen LogP contribution in [0.25, 0.3) is 0 Å². The Morgan fingerprint density at radius 2 is 2.33 bits per heavy atom. The Morgan fingerprint density at radius 3 is 2.92 bits per heavy atom. The minimum absolute atomic E-state index is 0.259. The van der Waals surface area contributed by atoms with Gasteiger partial charge in [0, 0.05) is 5.56 Å². The van der Waals surface area contributed by atoms with E-state index >= 15 is 0 Å². The van der Waals surface area contributed by atoms with Crippen LogP contribution in [-0.2, 0) is 6.42 Å². The van der Waals surface area contributed by atoms with Crippen molar-refractivity contribution in [1.82, 2.24) is 0 Å². The van der Waals surface area contributed by atoms with Crippen molar-refractivity contribution >= 4 is 0 Å². The Balaban J connectivity index is 3.10. The van der Waals surface area contributed by atoms with E-state index in [1.807, 2.05) is 6.07 Å². The molecule has 1 rings (SSSR count). The van der Waals surface area contributed by atoms with Crippen molar-refractivity contribution in [2.75, 3.05) is 7.11 Å². The first-order chi connectivity index (χ1) is 5.79. The van der Waals surface area contributed by atoms with Gasteiger partial charge in [0.1, 0.15) is 11.5 Å². The fourth-order valence-corrected chi connectivity index (χ4v) is 1.09. The van der Waals surface area contributed by atoms with E-state index in [2.05, 4.69) is 6.58 Å². The molecule has 0 aliphatic carbocycles. The Hall–Kier alpha value is -1.44. The molecule has 1 aromatic carbocycles. The fourth-order valence-electron chi connectivity index (χ4n) is 1.09. The molecular formula is C10H12O2. The van der Waals surface area contributed by atoms with Crippen LogP contribution in [0.15, 0.2) is 30.9 Å². The van der Waals surface area contributed by atoms with Crippen LogP contribution in [-0.4, -0.2) is 12.2 Å². The van der Waals surface area contributed by atoms with Crippen molar-refractivity contribution in [3.8, 4) is 11.5 Å². The summed E-state index contributed by atoms with van der Waals surface area (Å²) in [5.74, 6) is 0.962. The number of ether oxygens (including phenoxy) is 1. The molecule has 0 fully saturated rings. The molecule has 0 heterocycles. The standard InChI is InChI=1S/C10H12O2/c1-3-5-8-9(11)6-4-7-10(8)12-2/h3-4,6-7,11H,1,5H2,2H3. The molecule has 1 aromatic rings. The monoisotopic (exact) mass is 164 g/mol. The summed E-state index contributed by atoms with van der Waals surface area (Å²) in [6.07, 6.45) is 2.35. The average molecular weight is 164 g/mol. The maximum absolute atomic E-state index is 9.43. The molecule has 0 aromatic heterocycles. The maximum Gasteiger partial charge on any atom is 0.126 e. The molecule has 0 atom stereocenters. The molecule has 0 saturated carbocycles. The van der Waals surface area contributed by atoms with Crippen molar-refractivity contribution in [1.29, 1.82) is 0 Å². The van der Waals surface area contributed by atoms with Gasteiger partial charge in [-0.1, -0.05) is 12.1 Å². The van der Waals surface area contributed by atoms with Crippen molar-refractivity contribution in [2.24, 2.45) is 0 Å². The first-order valence-corrected chi connectivity index (χ1v) is 3.75. The number of rotatable bonds is 3. The lowest BCUT2D eigenvalue weighted by molar-refractivity contribution is 0.401. The number of methoxy groups -OCH3 is 1. The third-order valence-corrected chi connectivity index (χ3v) is 1.68. The summed E-state index contributed by atoms with van der Waals surface area (Å²) in [6, 6.07) is 5.21. The van der Waals surface area contributed by atoms with E-state index in [1.54, 1.807) is 25.3 Å². The topological polar surface area (TPSA) is 29.5 Å². The minimum atomic E-state index is 0.259. The van der Waals surface area contributed by atoms with Crippen molar-refractivity contribution < 1.29 is 9.84 Å². The molecule has 0 aliphatic rings. The number of hydrogen-bond donors (Lipinski definition) is 1. The summed E-state index contributed by atoms with van der Waals surface area (Å²) in [6.45, 7) is 3.61. The van der Waals surface area contributed by atoms with Gasteiger partial charge in [-0.2, -0.15) is 0 Å². The summed E-state index contributed by atoms with van der Waals surface area (Å²) < 4.78 is 5.07. The van der Waals surface area contributed by atoms with Gasteiger partial charge in [-0.15, -0.1) is 6.58 Å². The first-order valence-electron chi connectivity index (χ1n) is 3.75. The zero-order chi connectivity index (χ0) is 8.97. The quantitative estimate of drug-likeness (QED) is 0.693. The third kappa shape index (κ3) is 1.59. The van der Waals surface area contributed by atoms with E-state index < -0.39 is 0 Å². The van der Waals surface area contributed by atoms with Crippen LogP contribution in [0.3, 0.4) is 0 Å². The Labute approximate surface area is 72.1 Å². The molecule has 2 nitrogen and oxygen atoms in total.